The van der Waals surface area contributed by atoms with Crippen LogP contribution in [0.5, 0.6) is 5.75 Å². The Balaban J connectivity index is 1.44. The van der Waals surface area contributed by atoms with Crippen molar-refractivity contribution in [1.29, 1.82) is 0 Å². The highest BCUT2D eigenvalue weighted by Crippen LogP contribution is 2.25. The Kier molecular flexibility index (Phi) is 7.33. The minimum Gasteiger partial charge on any atom is -0.497 e. The molecule has 1 aromatic carbocycles. The Morgan fingerprint density at radius 1 is 1.13 bits per heavy atom. The van der Waals surface area contributed by atoms with Crippen LogP contribution < -0.4 is 10.1 Å². The van der Waals surface area contributed by atoms with Crippen molar-refractivity contribution >= 4 is 11.8 Å². The summed E-state index contributed by atoms with van der Waals surface area (Å²) in [5, 5.41) is 7.41. The molecule has 1 saturated heterocycles. The molecule has 1 N–H and O–H groups in total. The second kappa shape index (κ2) is 9.96. The van der Waals surface area contributed by atoms with E-state index in [4.69, 9.17) is 4.74 Å². The lowest BCUT2D eigenvalue weighted by Crippen LogP contribution is -2.51. The van der Waals surface area contributed by atoms with Crippen LogP contribution in [-0.2, 0) is 11.8 Å². The van der Waals surface area contributed by atoms with Crippen molar-refractivity contribution in [3.8, 4) is 5.75 Å². The number of rotatable bonds is 7. The Labute approximate surface area is 184 Å². The standard InChI is InChI=1S/C23H33N5O3/c1-16(21-17(2)25-26(4)18(21)3)23(30)28-14-12-27(13-15-28)11-10-24-22(29)19-6-8-20(31-5)9-7-19/h6-9,16H,10-15H2,1-5H3,(H,24,29). The number of aryl methyl sites for hydroxylation is 2. The van der Waals surface area contributed by atoms with Crippen molar-refractivity contribution in [2.24, 2.45) is 7.05 Å². The van der Waals surface area contributed by atoms with E-state index in [1.54, 1.807) is 31.4 Å². The van der Waals surface area contributed by atoms with Crippen LogP contribution >= 0.6 is 0 Å². The minimum absolute atomic E-state index is 0.0903. The van der Waals surface area contributed by atoms with Gasteiger partial charge < -0.3 is 15.0 Å². The average Bonchev–Trinajstić information content (AvgIpc) is 3.04. The molecule has 1 fully saturated rings. The van der Waals surface area contributed by atoms with Gasteiger partial charge in [0, 0.05) is 63.1 Å². The number of nitrogens with zero attached hydrogens (tertiary/aromatic N) is 4. The Bertz CT molecular complexity index is 914. The van der Waals surface area contributed by atoms with Crippen molar-refractivity contribution in [2.75, 3.05) is 46.4 Å². The van der Waals surface area contributed by atoms with Gasteiger partial charge in [0.15, 0.2) is 0 Å². The number of hydrogen-bond acceptors (Lipinski definition) is 5. The number of ether oxygens (including phenoxy) is 1. The molecule has 2 heterocycles. The molecule has 1 unspecified atom stereocenters. The molecule has 8 nitrogen and oxygen atoms in total. The van der Waals surface area contributed by atoms with Gasteiger partial charge in [-0.1, -0.05) is 0 Å². The van der Waals surface area contributed by atoms with E-state index >= 15 is 0 Å². The van der Waals surface area contributed by atoms with Crippen LogP contribution in [0.25, 0.3) is 0 Å². The summed E-state index contributed by atoms with van der Waals surface area (Å²) in [4.78, 5) is 29.5. The monoisotopic (exact) mass is 427 g/mol. The van der Waals surface area contributed by atoms with E-state index in [0.717, 1.165) is 42.3 Å². The number of amides is 2. The molecule has 0 spiro atoms. The van der Waals surface area contributed by atoms with Gasteiger partial charge in [-0.25, -0.2) is 0 Å². The van der Waals surface area contributed by atoms with Crippen LogP contribution in [0.1, 0.15) is 40.2 Å². The summed E-state index contributed by atoms with van der Waals surface area (Å²) in [6.45, 7) is 10.3. The number of piperazine rings is 1. The zero-order valence-electron chi connectivity index (χ0n) is 19.1. The predicted octanol–water partition coefficient (Wildman–Crippen LogP) is 1.72. The van der Waals surface area contributed by atoms with Crippen molar-refractivity contribution in [3.05, 3.63) is 46.8 Å². The maximum Gasteiger partial charge on any atom is 0.251 e. The van der Waals surface area contributed by atoms with Crippen molar-refractivity contribution < 1.29 is 14.3 Å². The van der Waals surface area contributed by atoms with Gasteiger partial charge in [0.05, 0.1) is 18.7 Å². The molecule has 1 aliphatic heterocycles. The van der Waals surface area contributed by atoms with Crippen LogP contribution in [-0.4, -0.2) is 77.8 Å². The Hall–Kier alpha value is -2.87. The molecule has 3 rings (SSSR count). The lowest BCUT2D eigenvalue weighted by molar-refractivity contribution is -0.134. The van der Waals surface area contributed by atoms with E-state index in [2.05, 4.69) is 15.3 Å². The number of benzene rings is 1. The summed E-state index contributed by atoms with van der Waals surface area (Å²) < 4.78 is 6.96. The fraction of sp³-hybridized carbons (Fsp3) is 0.522. The maximum atomic E-state index is 13.0. The van der Waals surface area contributed by atoms with Gasteiger partial charge in [-0.05, 0) is 45.0 Å². The number of hydrogen-bond donors (Lipinski definition) is 1. The first-order valence-corrected chi connectivity index (χ1v) is 10.7. The van der Waals surface area contributed by atoms with E-state index in [1.807, 2.05) is 37.4 Å². The first kappa shape index (κ1) is 22.8. The fourth-order valence-electron chi connectivity index (χ4n) is 4.18. The SMILES string of the molecule is COc1ccc(C(=O)NCCN2CCN(C(=O)C(C)c3c(C)nn(C)c3C)CC2)cc1. The highest BCUT2D eigenvalue weighted by molar-refractivity contribution is 5.94. The van der Waals surface area contributed by atoms with Gasteiger partial charge in [0.1, 0.15) is 5.75 Å². The molecule has 1 aliphatic rings. The van der Waals surface area contributed by atoms with E-state index < -0.39 is 0 Å². The fourth-order valence-corrected chi connectivity index (χ4v) is 4.18. The lowest BCUT2D eigenvalue weighted by Gasteiger charge is -2.36. The molecule has 168 valence electrons. The normalized spacial score (nSPS) is 15.6. The highest BCUT2D eigenvalue weighted by Gasteiger charge is 2.29. The molecule has 0 radical (unpaired) electrons. The number of nitrogens with one attached hydrogen (secondary N) is 1. The average molecular weight is 428 g/mol. The Morgan fingerprint density at radius 3 is 2.32 bits per heavy atom. The van der Waals surface area contributed by atoms with Crippen molar-refractivity contribution in [1.82, 2.24) is 24.9 Å². The first-order chi connectivity index (χ1) is 14.8. The van der Waals surface area contributed by atoms with Crippen LogP contribution in [0.2, 0.25) is 0 Å². The number of carbonyl (C=O) groups is 2. The van der Waals surface area contributed by atoms with Gasteiger partial charge in [-0.3, -0.25) is 19.2 Å². The molecule has 0 bridgehead atoms. The van der Waals surface area contributed by atoms with Crippen LogP contribution in [0.15, 0.2) is 24.3 Å². The van der Waals surface area contributed by atoms with Gasteiger partial charge in [-0.2, -0.15) is 5.10 Å². The summed E-state index contributed by atoms with van der Waals surface area (Å²) in [5.41, 5.74) is 3.62. The zero-order chi connectivity index (χ0) is 22.5. The summed E-state index contributed by atoms with van der Waals surface area (Å²) in [7, 11) is 3.51. The largest absolute Gasteiger partial charge is 0.497 e. The summed E-state index contributed by atoms with van der Waals surface area (Å²) in [6.07, 6.45) is 0. The molecule has 2 amide bonds. The molecule has 1 atom stereocenters. The second-order valence-electron chi connectivity index (χ2n) is 8.08. The number of methoxy groups -OCH3 is 1. The molecule has 0 aliphatic carbocycles. The van der Waals surface area contributed by atoms with Gasteiger partial charge in [0.25, 0.3) is 5.91 Å². The van der Waals surface area contributed by atoms with E-state index in [9.17, 15) is 9.59 Å². The third kappa shape index (κ3) is 5.25. The van der Waals surface area contributed by atoms with E-state index in [0.29, 0.717) is 25.2 Å². The lowest BCUT2D eigenvalue weighted by atomic mass is 9.97. The number of aromatic nitrogens is 2. The molecular formula is C23H33N5O3. The molecule has 8 heteroatoms. The third-order valence-corrected chi connectivity index (χ3v) is 6.12. The van der Waals surface area contributed by atoms with Crippen molar-refractivity contribution in [2.45, 2.75) is 26.7 Å². The van der Waals surface area contributed by atoms with E-state index in [1.165, 1.54) is 0 Å². The highest BCUT2D eigenvalue weighted by atomic mass is 16.5. The topological polar surface area (TPSA) is 79.7 Å². The summed E-state index contributed by atoms with van der Waals surface area (Å²) >= 11 is 0. The van der Waals surface area contributed by atoms with Crippen LogP contribution in [0.4, 0.5) is 0 Å². The molecule has 2 aromatic rings. The second-order valence-corrected chi connectivity index (χ2v) is 8.08. The van der Waals surface area contributed by atoms with Crippen LogP contribution in [0, 0.1) is 13.8 Å². The molecule has 31 heavy (non-hydrogen) atoms. The predicted molar refractivity (Wildman–Crippen MR) is 119 cm³/mol. The first-order valence-electron chi connectivity index (χ1n) is 10.7. The molecule has 0 saturated carbocycles. The Morgan fingerprint density at radius 2 is 1.77 bits per heavy atom. The van der Waals surface area contributed by atoms with E-state index in [-0.39, 0.29) is 17.7 Å². The number of carbonyl (C=O) groups excluding carboxylic acids is 2. The van der Waals surface area contributed by atoms with Crippen LogP contribution in [0.3, 0.4) is 0 Å². The molecular weight excluding hydrogens is 394 g/mol. The van der Waals surface area contributed by atoms with Gasteiger partial charge in [-0.15, -0.1) is 0 Å². The van der Waals surface area contributed by atoms with Gasteiger partial charge in [0.2, 0.25) is 5.91 Å². The summed E-state index contributed by atoms with van der Waals surface area (Å²) in [5.74, 6) is 0.607. The maximum absolute atomic E-state index is 13.0. The minimum atomic E-state index is -0.191. The quantitative estimate of drug-likeness (QED) is 0.728. The molecule has 1 aromatic heterocycles. The zero-order valence-corrected chi connectivity index (χ0v) is 19.1. The van der Waals surface area contributed by atoms with Crippen molar-refractivity contribution in [3.63, 3.8) is 0 Å². The third-order valence-electron chi connectivity index (χ3n) is 6.12. The van der Waals surface area contributed by atoms with Gasteiger partial charge >= 0.3 is 0 Å². The summed E-state index contributed by atoms with van der Waals surface area (Å²) in [6, 6.07) is 7.07. The smallest absolute Gasteiger partial charge is 0.251 e.